The van der Waals surface area contributed by atoms with E-state index in [1.54, 1.807) is 57.7 Å². The monoisotopic (exact) mass is 2070 g/mol. The number of hydrogen-bond acceptors (Lipinski definition) is 23. The van der Waals surface area contributed by atoms with Crippen LogP contribution >= 0.6 is 0 Å². The highest BCUT2D eigenvalue weighted by Crippen LogP contribution is 2.41. The summed E-state index contributed by atoms with van der Waals surface area (Å²) in [5, 5.41) is 0. The molecule has 6 fully saturated rings. The molecule has 12 aromatic rings. The first kappa shape index (κ1) is 111. The van der Waals surface area contributed by atoms with E-state index in [2.05, 4.69) is 54.6 Å². The number of esters is 1. The molecule has 2 atom stereocenters. The Kier molecular flexibility index (Phi) is 37.7. The van der Waals surface area contributed by atoms with Gasteiger partial charge >= 0.3 is 24.5 Å². The Morgan fingerprint density at radius 1 is 0.399 bits per heavy atom. The van der Waals surface area contributed by atoms with Gasteiger partial charge < -0.3 is 39.4 Å². The lowest BCUT2D eigenvalue weighted by Crippen LogP contribution is -2.45. The summed E-state index contributed by atoms with van der Waals surface area (Å²) in [7, 11) is 0. The second-order valence-electron chi connectivity index (χ2n) is 37.8. The number of imidazole rings is 2. The van der Waals surface area contributed by atoms with Crippen molar-refractivity contribution < 1.29 is 108 Å². The fraction of sp³-hybridized carbons (Fsp3) is 0.439. The summed E-state index contributed by atoms with van der Waals surface area (Å²) in [6, 6.07) is 23.2. The molecule has 6 aromatic carbocycles. The number of rotatable bonds is 26. The van der Waals surface area contributed by atoms with Crippen molar-refractivity contribution >= 4 is 51.3 Å². The third-order valence-corrected chi connectivity index (χ3v) is 26.6. The lowest BCUT2D eigenvalue weighted by atomic mass is 9.95. The lowest BCUT2D eigenvalue weighted by Gasteiger charge is -2.34. The zero-order valence-corrected chi connectivity index (χ0v) is 82.9. The number of nitrogens with two attached hydrogens (primary N) is 1. The van der Waals surface area contributed by atoms with Gasteiger partial charge in [0.2, 0.25) is 5.95 Å². The number of fused-ring (bicyclic) bond motifs is 2. The zero-order valence-electron chi connectivity index (χ0n) is 82.9. The van der Waals surface area contributed by atoms with Gasteiger partial charge in [-0.05, 0) is 186 Å². The molecule has 0 bridgehead atoms. The average Bonchev–Trinajstić information content (AvgIpc) is 1.62. The molecule has 0 amide bonds. The third kappa shape index (κ3) is 28.8. The maximum Gasteiger partial charge on any atom is 0.416 e. The van der Waals surface area contributed by atoms with Crippen LogP contribution in [0.15, 0.2) is 153 Å². The van der Waals surface area contributed by atoms with Crippen LogP contribution in [-0.4, -0.2) is 232 Å². The van der Waals surface area contributed by atoms with Gasteiger partial charge in [-0.25, -0.2) is 61.2 Å². The first-order valence-electron chi connectivity index (χ1n) is 49.3. The van der Waals surface area contributed by atoms with Crippen LogP contribution in [0.4, 0.5) is 75.9 Å². The molecule has 0 saturated carbocycles. The standard InChI is InChI=1S/C38H38F5N7O2.C28H33F5N2O3.C22H24F5N3O.C15H14FN5O.C4H8O/c1-2-48-13-15-49(16-14-48)21-26-9-8-24(18-29(26)38(41,42)43)32(51)19-25-10-11-30(39)28(34(25)40)20-31-27(6-5-12-44-31)35-36-37(46-22-45-35)50(23-47-36)33-7-3-4-17-52-33;1-5-34-10-12-35(13-11-34)17-20-7-6-18(14-22(20)28(31,32)33)24(36)15-19-8-9-23(29)21(26(19)30)16-25(37)38-27(2,3)4;1-2-29-7-9-30(10-8-29)13-16-4-3-14(11-17(16)22(25,26)27)19(31)12-15-5-6-18(23)21(28)20(15)24;16-14-10(4-3-6-17-14)12-13-15(19-8-18-12)21(9-20-13)11-5-1-2-7-22-11;1-2-4-5-3-1/h5-6,8-12,18,22-23,33H,2-4,7,13-17,19-21H2,1H3;6-9,14H,5,10-13,15-17H2,1-4H3;3-6,11H,2,7-10,12-13,28H2,1H3;3-4,6,8-9,11H,1-2,5,7H2;1-4H2. The van der Waals surface area contributed by atoms with Gasteiger partial charge in [-0.15, -0.1) is 0 Å². The summed E-state index contributed by atoms with van der Waals surface area (Å²) in [5.41, 5.74) is 3.49. The average molecular weight is 2070 g/mol. The Bertz CT molecular complexity index is 6590. The molecule has 790 valence electrons. The second-order valence-corrected chi connectivity index (χ2v) is 37.8. The molecule has 0 spiro atoms. The number of hydrogen-bond donors (Lipinski definition) is 1. The molecule has 6 aliphatic rings. The van der Waals surface area contributed by atoms with Crippen LogP contribution in [0.2, 0.25) is 0 Å². The number of aromatic nitrogens is 10. The van der Waals surface area contributed by atoms with Gasteiger partial charge in [0.1, 0.15) is 87.9 Å². The number of ketones is 3. The lowest BCUT2D eigenvalue weighted by molar-refractivity contribution is -0.154. The minimum Gasteiger partial charge on any atom is -0.460 e. The molecule has 2 N–H and O–H groups in total. The number of piperazine rings is 3. The van der Waals surface area contributed by atoms with Crippen LogP contribution in [0.3, 0.4) is 0 Å². The predicted octanol–water partition coefficient (Wildman–Crippen LogP) is 20.1. The SMILES string of the molecule is C1CCOC1.CCN1CCN(Cc2ccc(C(=O)Cc3ccc(F)c(CC(=O)OC(C)(C)C)c3F)cc2C(F)(F)F)CC1.CCN1CCN(Cc2ccc(C(=O)Cc3ccc(F)c(Cc4ncccc4-c4ncnc5c4ncn5C4CCCCO4)c3F)cc2C(F)(F)F)CC1.CCN1CCN(Cc2ccc(C(=O)Cc3ccc(F)c(N)c3F)cc2C(F)(F)F)CC1.Fc1ncccc1-c1ncnc2c1ncn2C1CCCCO1. The van der Waals surface area contributed by atoms with Crippen molar-refractivity contribution in [3.05, 3.63) is 277 Å². The molecule has 25 nitrogen and oxygen atoms in total. The van der Waals surface area contributed by atoms with Gasteiger partial charge in [0.25, 0.3) is 0 Å². The molecule has 6 aliphatic heterocycles. The molecule has 41 heteroatoms. The van der Waals surface area contributed by atoms with E-state index in [0.717, 1.165) is 172 Å². The number of ether oxygens (including phenoxy) is 4. The van der Waals surface area contributed by atoms with Crippen LogP contribution in [0.1, 0.15) is 203 Å². The number of carbonyl (C=O) groups excluding carboxylic acids is 4. The number of carbonyl (C=O) groups is 4. The van der Waals surface area contributed by atoms with Crippen LogP contribution in [0.5, 0.6) is 0 Å². The van der Waals surface area contributed by atoms with Crippen molar-refractivity contribution in [1.29, 1.82) is 0 Å². The summed E-state index contributed by atoms with van der Waals surface area (Å²) < 4.78 is 253. The number of nitrogen functional groups attached to an aromatic ring is 1. The summed E-state index contributed by atoms with van der Waals surface area (Å²) in [5.74, 6) is -9.52. The maximum absolute atomic E-state index is 16.1. The van der Waals surface area contributed by atoms with Crippen LogP contribution in [0.25, 0.3) is 44.8 Å². The predicted molar refractivity (Wildman–Crippen MR) is 521 cm³/mol. The molecule has 0 radical (unpaired) electrons. The number of Topliss-reactive ketones (excluding diaryl/α,β-unsaturated/α-hetero) is 3. The molecule has 0 aliphatic carbocycles. The first-order chi connectivity index (χ1) is 70.7. The highest BCUT2D eigenvalue weighted by atomic mass is 19.4. The second kappa shape index (κ2) is 50.2. The number of pyridine rings is 2. The first-order valence-corrected chi connectivity index (χ1v) is 49.3. The summed E-state index contributed by atoms with van der Waals surface area (Å²) in [4.78, 5) is 97.8. The molecule has 148 heavy (non-hydrogen) atoms. The van der Waals surface area contributed by atoms with Gasteiger partial charge in [-0.1, -0.05) is 75.4 Å². The van der Waals surface area contributed by atoms with E-state index in [-0.39, 0.29) is 94.1 Å². The molecule has 18 rings (SSSR count). The highest BCUT2D eigenvalue weighted by molar-refractivity contribution is 5.99. The van der Waals surface area contributed by atoms with Crippen LogP contribution in [-0.2, 0) is 94.0 Å². The van der Waals surface area contributed by atoms with Crippen molar-refractivity contribution in [1.82, 2.24) is 78.4 Å². The van der Waals surface area contributed by atoms with Gasteiger partial charge in [0.05, 0.1) is 47.0 Å². The molecule has 2 unspecified atom stereocenters. The van der Waals surface area contributed by atoms with E-state index in [4.69, 9.17) is 24.7 Å². The molecular weight excluding hydrogens is 1960 g/mol. The number of anilines is 1. The quantitative estimate of drug-likeness (QED) is 0.0174. The van der Waals surface area contributed by atoms with Crippen LogP contribution in [0, 0.1) is 40.9 Å². The van der Waals surface area contributed by atoms with E-state index in [1.165, 1.54) is 74.3 Å². The fourth-order valence-corrected chi connectivity index (χ4v) is 18.4. The molecule has 6 saturated heterocycles. The van der Waals surface area contributed by atoms with Crippen LogP contribution < -0.4 is 5.73 Å². The summed E-state index contributed by atoms with van der Waals surface area (Å²) in [6.45, 7) is 25.9. The van der Waals surface area contributed by atoms with Crippen molar-refractivity contribution in [2.24, 2.45) is 0 Å². The van der Waals surface area contributed by atoms with Crippen molar-refractivity contribution in [2.75, 3.05) is 130 Å². The van der Waals surface area contributed by atoms with E-state index in [0.29, 0.717) is 96.4 Å². The minimum atomic E-state index is -4.69. The van der Waals surface area contributed by atoms with Crippen molar-refractivity contribution in [2.45, 2.75) is 181 Å². The highest BCUT2D eigenvalue weighted by Gasteiger charge is 2.40. The number of alkyl halides is 9. The Morgan fingerprint density at radius 3 is 1.14 bits per heavy atom. The Hall–Kier alpha value is -12.5. The Morgan fingerprint density at radius 2 is 0.764 bits per heavy atom. The fourth-order valence-electron chi connectivity index (χ4n) is 18.4. The Labute approximate surface area is 845 Å². The number of halogens is 16. The normalized spacial score (nSPS) is 17.1. The van der Waals surface area contributed by atoms with Gasteiger partial charge in [0.15, 0.2) is 34.5 Å². The molecular formula is C107H117F16N17O8. The number of benzene rings is 6. The van der Waals surface area contributed by atoms with E-state index in [9.17, 15) is 76.3 Å². The topological polar surface area (TPSA) is 264 Å². The van der Waals surface area contributed by atoms with Gasteiger partial charge in [0, 0.05) is 196 Å². The van der Waals surface area contributed by atoms with Gasteiger partial charge in [-0.2, -0.15) is 43.9 Å². The summed E-state index contributed by atoms with van der Waals surface area (Å²) in [6.07, 6.45) is 0.589. The third-order valence-electron chi connectivity index (χ3n) is 26.6. The number of likely N-dealkylation sites (N-methyl/N-ethyl adjacent to an activating group) is 3. The largest absolute Gasteiger partial charge is 0.460 e. The molecule has 12 heterocycles. The molecule has 6 aromatic heterocycles. The Balaban J connectivity index is 0.000000159. The number of nitrogens with zero attached hydrogens (tertiary/aromatic N) is 16. The van der Waals surface area contributed by atoms with E-state index < -0.39 is 142 Å². The van der Waals surface area contributed by atoms with E-state index in [1.807, 2.05) is 44.6 Å². The van der Waals surface area contributed by atoms with Crippen molar-refractivity contribution in [3.63, 3.8) is 0 Å². The smallest absolute Gasteiger partial charge is 0.416 e. The summed E-state index contributed by atoms with van der Waals surface area (Å²) >= 11 is 0. The van der Waals surface area contributed by atoms with E-state index >= 15 is 13.2 Å². The van der Waals surface area contributed by atoms with Gasteiger partial charge in [-0.3, -0.25) is 48.0 Å². The van der Waals surface area contributed by atoms with Crippen molar-refractivity contribution in [3.8, 4) is 22.5 Å². The zero-order chi connectivity index (χ0) is 106. The minimum absolute atomic E-state index is 0.0617. The maximum atomic E-state index is 16.1.